The van der Waals surface area contributed by atoms with E-state index in [1.54, 1.807) is 0 Å². The molecule has 3 amide bonds. The Bertz CT molecular complexity index is 1390. The van der Waals surface area contributed by atoms with Gasteiger partial charge in [0.05, 0.1) is 42.2 Å². The molecule has 0 unspecified atom stereocenters. The van der Waals surface area contributed by atoms with Crippen LogP contribution in [0.15, 0.2) is 36.5 Å². The highest BCUT2D eigenvalue weighted by atomic mass is 35.5. The van der Waals surface area contributed by atoms with Crippen LogP contribution in [0.4, 0.5) is 14.5 Å². The third kappa shape index (κ3) is 5.11. The van der Waals surface area contributed by atoms with E-state index < -0.39 is 17.5 Å². The molecular formula is C24H23ClF2N6O4. The molecule has 1 fully saturated rings. The standard InChI is InChI=1S/C24H23ClF2N6O4/c1-32-17(15-5-6-18(37-2)21(27)20(15)26)9-29-22(32)23(35)31-12-3-4-14(16(25)7-12)24(36)33-10-13(11-33)30-19(34)8-28/h3-7,9,13H,8,10-11,28H2,1-2H3,(H,30,34)(H,31,35). The van der Waals surface area contributed by atoms with Crippen LogP contribution in [0, 0.1) is 11.6 Å². The van der Waals surface area contributed by atoms with Crippen molar-refractivity contribution in [3.8, 4) is 17.0 Å². The number of benzene rings is 2. The lowest BCUT2D eigenvalue weighted by Crippen LogP contribution is -2.61. The van der Waals surface area contributed by atoms with E-state index in [1.165, 1.54) is 60.2 Å². The Balaban J connectivity index is 1.45. The van der Waals surface area contributed by atoms with E-state index in [1.807, 2.05) is 0 Å². The van der Waals surface area contributed by atoms with E-state index in [-0.39, 0.29) is 57.8 Å². The summed E-state index contributed by atoms with van der Waals surface area (Å²) in [6.45, 7) is 0.541. The molecule has 10 nitrogen and oxygen atoms in total. The normalized spacial score (nSPS) is 13.2. The smallest absolute Gasteiger partial charge is 0.291 e. The number of likely N-dealkylation sites (tertiary alicyclic amines) is 1. The van der Waals surface area contributed by atoms with Crippen molar-refractivity contribution in [2.45, 2.75) is 6.04 Å². The molecule has 1 saturated heterocycles. The number of methoxy groups -OCH3 is 1. The van der Waals surface area contributed by atoms with E-state index in [9.17, 15) is 23.2 Å². The lowest BCUT2D eigenvalue weighted by Gasteiger charge is -2.39. The van der Waals surface area contributed by atoms with E-state index in [2.05, 4.69) is 15.6 Å². The zero-order chi connectivity index (χ0) is 26.9. The SMILES string of the molecule is COc1ccc(-c2cnc(C(=O)Nc3ccc(C(=O)N4CC(NC(=O)CN)C4)c(Cl)c3)n2C)c(F)c1F. The van der Waals surface area contributed by atoms with Crippen molar-refractivity contribution in [2.75, 3.05) is 32.1 Å². The molecule has 0 radical (unpaired) electrons. The molecule has 4 rings (SSSR count). The summed E-state index contributed by atoms with van der Waals surface area (Å²) in [7, 11) is 2.72. The van der Waals surface area contributed by atoms with Crippen molar-refractivity contribution < 1.29 is 27.9 Å². The fraction of sp³-hybridized carbons (Fsp3) is 0.250. The predicted molar refractivity (Wildman–Crippen MR) is 131 cm³/mol. The van der Waals surface area contributed by atoms with Crippen molar-refractivity contribution in [1.82, 2.24) is 19.8 Å². The zero-order valence-corrected chi connectivity index (χ0v) is 20.6. The Morgan fingerprint density at radius 2 is 1.92 bits per heavy atom. The highest BCUT2D eigenvalue weighted by molar-refractivity contribution is 6.34. The van der Waals surface area contributed by atoms with Gasteiger partial charge in [0, 0.05) is 31.4 Å². The Morgan fingerprint density at radius 3 is 2.57 bits per heavy atom. The minimum absolute atomic E-state index is 0.0620. The molecule has 0 aliphatic carbocycles. The number of rotatable bonds is 7. The summed E-state index contributed by atoms with van der Waals surface area (Å²) in [4.78, 5) is 42.5. The average Bonchev–Trinajstić information content (AvgIpc) is 3.23. The summed E-state index contributed by atoms with van der Waals surface area (Å²) < 4.78 is 34.8. The quantitative estimate of drug-likeness (QED) is 0.427. The first-order valence-corrected chi connectivity index (χ1v) is 11.5. The van der Waals surface area contributed by atoms with Crippen molar-refractivity contribution in [3.05, 3.63) is 64.6 Å². The summed E-state index contributed by atoms with van der Waals surface area (Å²) >= 11 is 6.30. The number of aromatic nitrogens is 2. The van der Waals surface area contributed by atoms with Gasteiger partial charge in [0.1, 0.15) is 0 Å². The number of nitrogens with one attached hydrogen (secondary N) is 2. The Hall–Kier alpha value is -4.03. The van der Waals surface area contributed by atoms with Crippen LogP contribution in [-0.4, -0.2) is 65.0 Å². The van der Waals surface area contributed by atoms with Crippen LogP contribution in [0.1, 0.15) is 21.0 Å². The van der Waals surface area contributed by atoms with Crippen LogP contribution in [0.2, 0.25) is 5.02 Å². The molecule has 4 N–H and O–H groups in total. The second kappa shape index (κ2) is 10.5. The highest BCUT2D eigenvalue weighted by Gasteiger charge is 2.33. The van der Waals surface area contributed by atoms with Crippen LogP contribution < -0.4 is 21.1 Å². The first kappa shape index (κ1) is 26.0. The third-order valence-corrected chi connectivity index (χ3v) is 6.22. The van der Waals surface area contributed by atoms with Crippen molar-refractivity contribution >= 4 is 35.0 Å². The van der Waals surface area contributed by atoms with Crippen LogP contribution in [0.3, 0.4) is 0 Å². The molecule has 37 heavy (non-hydrogen) atoms. The monoisotopic (exact) mass is 532 g/mol. The Kier molecular flexibility index (Phi) is 7.41. The maximum absolute atomic E-state index is 14.5. The number of carbonyl (C=O) groups is 3. The van der Waals surface area contributed by atoms with Crippen LogP contribution in [0.5, 0.6) is 5.75 Å². The summed E-state index contributed by atoms with van der Waals surface area (Å²) in [5.74, 6) is -3.82. The maximum atomic E-state index is 14.5. The first-order chi connectivity index (χ1) is 17.6. The lowest BCUT2D eigenvalue weighted by molar-refractivity contribution is -0.121. The summed E-state index contributed by atoms with van der Waals surface area (Å²) in [6, 6.07) is 6.85. The summed E-state index contributed by atoms with van der Waals surface area (Å²) in [6.07, 6.45) is 1.25. The molecule has 1 aliphatic rings. The molecule has 194 valence electrons. The second-order valence-electron chi connectivity index (χ2n) is 8.30. The number of nitrogens with zero attached hydrogens (tertiary/aromatic N) is 3. The number of hydrogen-bond donors (Lipinski definition) is 3. The molecule has 13 heteroatoms. The van der Waals surface area contributed by atoms with E-state index >= 15 is 0 Å². The molecule has 1 aliphatic heterocycles. The number of hydrogen-bond acceptors (Lipinski definition) is 6. The minimum Gasteiger partial charge on any atom is -0.494 e. The van der Waals surface area contributed by atoms with Crippen LogP contribution in [0.25, 0.3) is 11.3 Å². The molecule has 1 aromatic heterocycles. The van der Waals surface area contributed by atoms with Crippen molar-refractivity contribution in [1.29, 1.82) is 0 Å². The number of halogens is 3. The molecule has 2 aromatic carbocycles. The van der Waals surface area contributed by atoms with Gasteiger partial charge in [-0.15, -0.1) is 0 Å². The van der Waals surface area contributed by atoms with Gasteiger partial charge < -0.3 is 30.6 Å². The molecule has 0 saturated carbocycles. The minimum atomic E-state index is -1.15. The topological polar surface area (TPSA) is 132 Å². The number of nitrogens with two attached hydrogens (primary N) is 1. The molecule has 0 spiro atoms. The van der Waals surface area contributed by atoms with Gasteiger partial charge in [0.25, 0.3) is 11.8 Å². The molecule has 0 atom stereocenters. The second-order valence-corrected chi connectivity index (χ2v) is 8.70. The number of amides is 3. The summed E-state index contributed by atoms with van der Waals surface area (Å²) in [5, 5.41) is 5.45. The molecule has 3 aromatic rings. The van der Waals surface area contributed by atoms with E-state index in [0.717, 1.165) is 0 Å². The van der Waals surface area contributed by atoms with Gasteiger partial charge in [-0.2, -0.15) is 4.39 Å². The first-order valence-electron chi connectivity index (χ1n) is 11.1. The number of ether oxygens (including phenoxy) is 1. The summed E-state index contributed by atoms with van der Waals surface area (Å²) in [5.41, 5.74) is 5.90. The Morgan fingerprint density at radius 1 is 1.19 bits per heavy atom. The van der Waals surface area contributed by atoms with E-state index in [4.69, 9.17) is 22.1 Å². The van der Waals surface area contributed by atoms with Crippen molar-refractivity contribution in [2.24, 2.45) is 12.8 Å². The predicted octanol–water partition coefficient (Wildman–Crippen LogP) is 2.18. The highest BCUT2D eigenvalue weighted by Crippen LogP contribution is 2.30. The number of carbonyl (C=O) groups excluding carboxylic acids is 3. The van der Waals surface area contributed by atoms with Crippen molar-refractivity contribution in [3.63, 3.8) is 0 Å². The maximum Gasteiger partial charge on any atom is 0.291 e. The van der Waals surface area contributed by atoms with Crippen LogP contribution >= 0.6 is 11.6 Å². The van der Waals surface area contributed by atoms with Crippen LogP contribution in [-0.2, 0) is 11.8 Å². The van der Waals surface area contributed by atoms with Gasteiger partial charge in [-0.25, -0.2) is 9.37 Å². The van der Waals surface area contributed by atoms with E-state index in [0.29, 0.717) is 18.8 Å². The molecular weight excluding hydrogens is 510 g/mol. The molecule has 2 heterocycles. The fourth-order valence-electron chi connectivity index (χ4n) is 3.90. The Labute approximate surface area is 215 Å². The van der Waals surface area contributed by atoms with Gasteiger partial charge in [-0.05, 0) is 30.3 Å². The van der Waals surface area contributed by atoms with Gasteiger partial charge in [0.15, 0.2) is 17.4 Å². The van der Waals surface area contributed by atoms with Gasteiger partial charge >= 0.3 is 0 Å². The lowest BCUT2D eigenvalue weighted by atomic mass is 10.1. The third-order valence-electron chi connectivity index (χ3n) is 5.91. The average molecular weight is 533 g/mol. The zero-order valence-electron chi connectivity index (χ0n) is 19.8. The van der Waals surface area contributed by atoms with Gasteiger partial charge in [0.2, 0.25) is 11.7 Å². The van der Waals surface area contributed by atoms with Gasteiger partial charge in [-0.3, -0.25) is 14.4 Å². The number of imidazole rings is 1. The fourth-order valence-corrected chi connectivity index (χ4v) is 4.17. The number of anilines is 1. The van der Waals surface area contributed by atoms with Gasteiger partial charge in [-0.1, -0.05) is 11.6 Å². The largest absolute Gasteiger partial charge is 0.494 e. The molecule has 0 bridgehead atoms.